The molecule has 0 radical (unpaired) electrons. The summed E-state index contributed by atoms with van der Waals surface area (Å²) in [5.74, 6) is 1.69. The normalized spacial score (nSPS) is 22.4. The molecule has 1 aliphatic heterocycles. The molecule has 2 heterocycles. The molecule has 1 saturated heterocycles. The van der Waals surface area contributed by atoms with E-state index in [1.54, 1.807) is 0 Å². The van der Waals surface area contributed by atoms with Gasteiger partial charge in [-0.05, 0) is 30.5 Å². The summed E-state index contributed by atoms with van der Waals surface area (Å²) in [6.45, 7) is 4.50. The summed E-state index contributed by atoms with van der Waals surface area (Å²) >= 11 is 0. The minimum atomic E-state index is -0.719. The molecule has 0 unspecified atom stereocenters. The topological polar surface area (TPSA) is 43.2 Å². The Morgan fingerprint density at radius 3 is 2.38 bits per heavy atom. The molecule has 3 aromatic rings. The molecule has 1 saturated carbocycles. The Bertz CT molecular complexity index is 945. The number of alkyl halides is 1. The molecular weight excluding hydrogens is 367 g/mol. The summed E-state index contributed by atoms with van der Waals surface area (Å²) < 4.78 is 20.8. The molecular formula is C23H25FN4O. The first kappa shape index (κ1) is 18.5. The maximum Gasteiger partial charge on any atom is 0.181 e. The Morgan fingerprint density at radius 2 is 1.69 bits per heavy atom. The first-order valence-corrected chi connectivity index (χ1v) is 10.3. The van der Waals surface area contributed by atoms with Gasteiger partial charge in [0.1, 0.15) is 12.0 Å². The van der Waals surface area contributed by atoms with Gasteiger partial charge in [-0.15, -0.1) is 5.10 Å². The Hall–Kier alpha value is -2.57. The number of aromatic nitrogens is 3. The molecule has 0 amide bonds. The fourth-order valence-electron chi connectivity index (χ4n) is 4.01. The first-order valence-electron chi connectivity index (χ1n) is 10.3. The highest BCUT2D eigenvalue weighted by atomic mass is 19.1. The Kier molecular flexibility index (Phi) is 5.12. The zero-order valence-electron chi connectivity index (χ0n) is 16.4. The molecule has 1 aliphatic carbocycles. The number of rotatable bonds is 5. The maximum atomic E-state index is 13.5. The van der Waals surface area contributed by atoms with E-state index in [0.29, 0.717) is 18.7 Å². The van der Waals surface area contributed by atoms with E-state index >= 15 is 0 Å². The quantitative estimate of drug-likeness (QED) is 0.659. The number of benzene rings is 2. The van der Waals surface area contributed by atoms with E-state index in [1.165, 1.54) is 5.56 Å². The average Bonchev–Trinajstić information content (AvgIpc) is 3.18. The van der Waals surface area contributed by atoms with Crippen LogP contribution in [0.3, 0.4) is 0 Å². The highest BCUT2D eigenvalue weighted by Gasteiger charge is 2.34. The van der Waals surface area contributed by atoms with Crippen molar-refractivity contribution in [2.24, 2.45) is 0 Å². The van der Waals surface area contributed by atoms with Gasteiger partial charge in [0.25, 0.3) is 0 Å². The molecule has 29 heavy (non-hydrogen) atoms. The van der Waals surface area contributed by atoms with Crippen LogP contribution in [0.2, 0.25) is 0 Å². The maximum absolute atomic E-state index is 13.5. The number of nitrogens with zero attached hydrogens (tertiary/aromatic N) is 4. The SMILES string of the molecule is FC1CC(c2nc(-c3ccc(CN4CCOCC4)cc3)nn2-c2ccccc2)C1. The summed E-state index contributed by atoms with van der Waals surface area (Å²) in [5.41, 5.74) is 3.23. The molecule has 6 heteroatoms. The fourth-order valence-corrected chi connectivity index (χ4v) is 4.01. The van der Waals surface area contributed by atoms with Crippen LogP contribution in [0, 0.1) is 0 Å². The van der Waals surface area contributed by atoms with Gasteiger partial charge in [-0.25, -0.2) is 14.1 Å². The second-order valence-corrected chi connectivity index (χ2v) is 7.89. The molecule has 150 valence electrons. The average molecular weight is 392 g/mol. The van der Waals surface area contributed by atoms with Gasteiger partial charge in [-0.3, -0.25) is 4.90 Å². The van der Waals surface area contributed by atoms with E-state index in [9.17, 15) is 4.39 Å². The summed E-state index contributed by atoms with van der Waals surface area (Å²) in [5, 5.41) is 4.78. The lowest BCUT2D eigenvalue weighted by atomic mass is 9.83. The fraction of sp³-hybridized carbons (Fsp3) is 0.391. The third-order valence-electron chi connectivity index (χ3n) is 5.80. The molecule has 2 aromatic carbocycles. The van der Waals surface area contributed by atoms with Crippen molar-refractivity contribution in [2.45, 2.75) is 31.5 Å². The molecule has 2 aliphatic rings. The van der Waals surface area contributed by atoms with Crippen molar-refractivity contribution in [3.63, 3.8) is 0 Å². The van der Waals surface area contributed by atoms with Crippen molar-refractivity contribution >= 4 is 0 Å². The zero-order valence-corrected chi connectivity index (χ0v) is 16.4. The van der Waals surface area contributed by atoms with Gasteiger partial charge in [0.2, 0.25) is 0 Å². The van der Waals surface area contributed by atoms with Gasteiger partial charge in [0.05, 0.1) is 18.9 Å². The number of halogens is 1. The van der Waals surface area contributed by atoms with Crippen LogP contribution in [0.15, 0.2) is 54.6 Å². The van der Waals surface area contributed by atoms with Gasteiger partial charge in [0, 0.05) is 31.1 Å². The second kappa shape index (κ2) is 8.05. The van der Waals surface area contributed by atoms with Crippen molar-refractivity contribution in [1.29, 1.82) is 0 Å². The lowest BCUT2D eigenvalue weighted by Crippen LogP contribution is -2.35. The van der Waals surface area contributed by atoms with E-state index in [4.69, 9.17) is 14.8 Å². The predicted molar refractivity (Wildman–Crippen MR) is 110 cm³/mol. The molecule has 0 bridgehead atoms. The van der Waals surface area contributed by atoms with Crippen LogP contribution >= 0.6 is 0 Å². The molecule has 1 aromatic heterocycles. The number of para-hydroxylation sites is 1. The van der Waals surface area contributed by atoms with E-state index in [-0.39, 0.29) is 5.92 Å². The van der Waals surface area contributed by atoms with Crippen LogP contribution in [0.25, 0.3) is 17.1 Å². The third kappa shape index (κ3) is 3.95. The molecule has 0 atom stereocenters. The van der Waals surface area contributed by atoms with Gasteiger partial charge in [0.15, 0.2) is 5.82 Å². The van der Waals surface area contributed by atoms with E-state index < -0.39 is 6.17 Å². The molecule has 0 N–H and O–H groups in total. The van der Waals surface area contributed by atoms with Crippen molar-refractivity contribution in [3.8, 4) is 17.1 Å². The number of ether oxygens (including phenoxy) is 1. The standard InChI is InChI=1S/C23H25FN4O/c24-20-14-19(15-20)23-25-22(26-28(23)21-4-2-1-3-5-21)18-8-6-17(7-9-18)16-27-10-12-29-13-11-27/h1-9,19-20H,10-16H2. The Morgan fingerprint density at radius 1 is 0.966 bits per heavy atom. The monoisotopic (exact) mass is 392 g/mol. The van der Waals surface area contributed by atoms with Crippen LogP contribution in [-0.4, -0.2) is 52.1 Å². The van der Waals surface area contributed by atoms with Crippen molar-refractivity contribution in [1.82, 2.24) is 19.7 Å². The third-order valence-corrected chi connectivity index (χ3v) is 5.80. The van der Waals surface area contributed by atoms with E-state index in [2.05, 4.69) is 29.2 Å². The van der Waals surface area contributed by atoms with E-state index in [1.807, 2.05) is 35.0 Å². The van der Waals surface area contributed by atoms with E-state index in [0.717, 1.165) is 49.9 Å². The highest BCUT2D eigenvalue weighted by Crippen LogP contribution is 2.39. The summed E-state index contributed by atoms with van der Waals surface area (Å²) in [7, 11) is 0. The predicted octanol–water partition coefficient (Wildman–Crippen LogP) is 3.98. The Balaban J connectivity index is 1.40. The number of morpholine rings is 1. The van der Waals surface area contributed by atoms with Crippen LogP contribution in [0.4, 0.5) is 4.39 Å². The minimum Gasteiger partial charge on any atom is -0.379 e. The lowest BCUT2D eigenvalue weighted by Gasteiger charge is -2.28. The molecule has 5 rings (SSSR count). The molecule has 0 spiro atoms. The van der Waals surface area contributed by atoms with Gasteiger partial charge < -0.3 is 4.74 Å². The van der Waals surface area contributed by atoms with Crippen LogP contribution in [0.5, 0.6) is 0 Å². The smallest absolute Gasteiger partial charge is 0.181 e. The summed E-state index contributed by atoms with van der Waals surface area (Å²) in [6, 6.07) is 18.4. The largest absolute Gasteiger partial charge is 0.379 e. The molecule has 5 nitrogen and oxygen atoms in total. The van der Waals surface area contributed by atoms with Crippen LogP contribution < -0.4 is 0 Å². The summed E-state index contributed by atoms with van der Waals surface area (Å²) in [6.07, 6.45) is 0.344. The number of hydrogen-bond acceptors (Lipinski definition) is 4. The summed E-state index contributed by atoms with van der Waals surface area (Å²) in [4.78, 5) is 7.22. The lowest BCUT2D eigenvalue weighted by molar-refractivity contribution is 0.0342. The van der Waals surface area contributed by atoms with Crippen LogP contribution in [0.1, 0.15) is 30.1 Å². The van der Waals surface area contributed by atoms with Crippen molar-refractivity contribution < 1.29 is 9.13 Å². The highest BCUT2D eigenvalue weighted by molar-refractivity contribution is 5.56. The molecule has 2 fully saturated rings. The Labute approximate surface area is 170 Å². The first-order chi connectivity index (χ1) is 14.3. The second-order valence-electron chi connectivity index (χ2n) is 7.89. The van der Waals surface area contributed by atoms with Crippen molar-refractivity contribution in [3.05, 3.63) is 66.0 Å². The minimum absolute atomic E-state index is 0.132. The van der Waals surface area contributed by atoms with Gasteiger partial charge in [-0.2, -0.15) is 0 Å². The van der Waals surface area contributed by atoms with Crippen molar-refractivity contribution in [2.75, 3.05) is 26.3 Å². The van der Waals surface area contributed by atoms with Gasteiger partial charge in [-0.1, -0.05) is 42.5 Å². The van der Waals surface area contributed by atoms with Crippen LogP contribution in [-0.2, 0) is 11.3 Å². The van der Waals surface area contributed by atoms with Gasteiger partial charge >= 0.3 is 0 Å². The number of hydrogen-bond donors (Lipinski definition) is 0. The zero-order chi connectivity index (χ0) is 19.6.